The second kappa shape index (κ2) is 12.1. The van der Waals surface area contributed by atoms with Crippen LogP contribution in [0.1, 0.15) is 19.8 Å². The maximum atomic E-state index is 11.7. The van der Waals surface area contributed by atoms with Crippen molar-refractivity contribution in [1.29, 1.82) is 5.26 Å². The first-order chi connectivity index (χ1) is 9.69. The summed E-state index contributed by atoms with van der Waals surface area (Å²) in [6.45, 7) is 4.31. The lowest BCUT2D eigenvalue weighted by Gasteiger charge is -2.12. The van der Waals surface area contributed by atoms with Gasteiger partial charge < -0.3 is 20.7 Å². The highest BCUT2D eigenvalue weighted by molar-refractivity contribution is 5.97. The Hall–Kier alpha value is -1.91. The van der Waals surface area contributed by atoms with Crippen LogP contribution in [0.5, 0.6) is 0 Å². The standard InChI is InChI=1S/C13H22N4O3/c1-2-20-8-4-6-16-13(19)12(9-15)10-17(11-18)7-3-5-14/h10-11H,2-8,14H2,1H3,(H,16,19)/b12-10-. The highest BCUT2D eigenvalue weighted by Gasteiger charge is 2.10. The first kappa shape index (κ1) is 18.1. The van der Waals surface area contributed by atoms with Crippen molar-refractivity contribution in [2.24, 2.45) is 5.73 Å². The number of nitrogens with one attached hydrogen (secondary N) is 1. The van der Waals surface area contributed by atoms with Gasteiger partial charge in [0.1, 0.15) is 11.6 Å². The quantitative estimate of drug-likeness (QED) is 0.235. The highest BCUT2D eigenvalue weighted by Crippen LogP contribution is 1.97. The number of nitrogens with zero attached hydrogens (tertiary/aromatic N) is 2. The number of hydrogen-bond donors (Lipinski definition) is 2. The molecular weight excluding hydrogens is 260 g/mol. The van der Waals surface area contributed by atoms with Crippen molar-refractivity contribution in [2.75, 3.05) is 32.8 Å². The van der Waals surface area contributed by atoms with Crippen LogP contribution in [0.2, 0.25) is 0 Å². The zero-order chi connectivity index (χ0) is 15.2. The Morgan fingerprint density at radius 2 is 2.25 bits per heavy atom. The molecule has 0 fully saturated rings. The summed E-state index contributed by atoms with van der Waals surface area (Å²) >= 11 is 0. The summed E-state index contributed by atoms with van der Waals surface area (Å²) in [7, 11) is 0. The third-order valence-corrected chi connectivity index (χ3v) is 2.37. The van der Waals surface area contributed by atoms with Crippen molar-refractivity contribution in [2.45, 2.75) is 19.8 Å². The number of nitriles is 1. The Morgan fingerprint density at radius 3 is 2.80 bits per heavy atom. The minimum atomic E-state index is -0.497. The van der Waals surface area contributed by atoms with Crippen LogP contribution in [-0.2, 0) is 14.3 Å². The van der Waals surface area contributed by atoms with Gasteiger partial charge >= 0.3 is 0 Å². The Kier molecular flexibility index (Phi) is 11.0. The summed E-state index contributed by atoms with van der Waals surface area (Å²) < 4.78 is 5.13. The molecule has 112 valence electrons. The predicted molar refractivity (Wildman–Crippen MR) is 74.3 cm³/mol. The molecule has 0 aromatic carbocycles. The minimum absolute atomic E-state index is 0.106. The van der Waals surface area contributed by atoms with E-state index in [1.165, 1.54) is 11.1 Å². The van der Waals surface area contributed by atoms with Gasteiger partial charge in [0.2, 0.25) is 6.41 Å². The first-order valence-corrected chi connectivity index (χ1v) is 6.58. The molecule has 0 bridgehead atoms. The molecule has 20 heavy (non-hydrogen) atoms. The molecule has 0 saturated carbocycles. The van der Waals surface area contributed by atoms with Crippen LogP contribution in [0.3, 0.4) is 0 Å². The molecule has 7 nitrogen and oxygen atoms in total. The smallest absolute Gasteiger partial charge is 0.263 e. The van der Waals surface area contributed by atoms with E-state index in [9.17, 15) is 9.59 Å². The van der Waals surface area contributed by atoms with Gasteiger partial charge in [-0.3, -0.25) is 9.59 Å². The third-order valence-electron chi connectivity index (χ3n) is 2.37. The largest absolute Gasteiger partial charge is 0.382 e. The SMILES string of the molecule is CCOCCCNC(=O)/C(C#N)=C\N(C=O)CCCN. The van der Waals surface area contributed by atoms with E-state index in [0.29, 0.717) is 52.1 Å². The summed E-state index contributed by atoms with van der Waals surface area (Å²) in [5, 5.41) is 11.5. The number of amides is 2. The van der Waals surface area contributed by atoms with Crippen molar-refractivity contribution in [3.05, 3.63) is 11.8 Å². The summed E-state index contributed by atoms with van der Waals surface area (Å²) in [5.41, 5.74) is 5.23. The maximum absolute atomic E-state index is 11.7. The molecule has 0 saturated heterocycles. The van der Waals surface area contributed by atoms with Gasteiger partial charge in [-0.25, -0.2) is 0 Å². The van der Waals surface area contributed by atoms with Crippen molar-refractivity contribution < 1.29 is 14.3 Å². The molecule has 0 aliphatic heterocycles. The summed E-state index contributed by atoms with van der Waals surface area (Å²) in [6, 6.07) is 1.78. The van der Waals surface area contributed by atoms with E-state index < -0.39 is 5.91 Å². The van der Waals surface area contributed by atoms with E-state index >= 15 is 0 Å². The number of carbonyl (C=O) groups excluding carboxylic acids is 2. The summed E-state index contributed by atoms with van der Waals surface area (Å²) in [5.74, 6) is -0.497. The Morgan fingerprint density at radius 1 is 1.50 bits per heavy atom. The van der Waals surface area contributed by atoms with Crippen molar-refractivity contribution in [3.8, 4) is 6.07 Å². The lowest BCUT2D eigenvalue weighted by molar-refractivity contribution is -0.117. The number of carbonyl (C=O) groups is 2. The van der Waals surface area contributed by atoms with Gasteiger partial charge in [0.15, 0.2) is 0 Å². The third kappa shape index (κ3) is 8.24. The number of hydrogen-bond acceptors (Lipinski definition) is 5. The number of ether oxygens (including phenoxy) is 1. The van der Waals surface area contributed by atoms with Gasteiger partial charge in [-0.05, 0) is 26.3 Å². The van der Waals surface area contributed by atoms with E-state index in [1.807, 2.05) is 6.92 Å². The van der Waals surface area contributed by atoms with Crippen molar-refractivity contribution >= 4 is 12.3 Å². The van der Waals surface area contributed by atoms with Crippen LogP contribution < -0.4 is 11.1 Å². The fourth-order valence-corrected chi connectivity index (χ4v) is 1.34. The normalized spacial score (nSPS) is 10.8. The molecule has 0 unspecified atom stereocenters. The molecule has 0 aromatic heterocycles. The summed E-state index contributed by atoms with van der Waals surface area (Å²) in [4.78, 5) is 23.8. The molecule has 2 amide bonds. The molecule has 0 radical (unpaired) electrons. The molecule has 0 atom stereocenters. The van der Waals surface area contributed by atoms with Gasteiger partial charge in [0, 0.05) is 32.5 Å². The molecule has 0 aromatic rings. The highest BCUT2D eigenvalue weighted by atomic mass is 16.5. The Balaban J connectivity index is 4.30. The molecule has 0 rings (SSSR count). The molecule has 0 heterocycles. The van der Waals surface area contributed by atoms with Crippen LogP contribution in [0, 0.1) is 11.3 Å². The average molecular weight is 282 g/mol. The molecule has 0 spiro atoms. The second-order valence-corrected chi connectivity index (χ2v) is 3.95. The van der Waals surface area contributed by atoms with Crippen molar-refractivity contribution in [3.63, 3.8) is 0 Å². The van der Waals surface area contributed by atoms with E-state index in [-0.39, 0.29) is 5.57 Å². The lowest BCUT2D eigenvalue weighted by Crippen LogP contribution is -2.28. The van der Waals surface area contributed by atoms with Crippen molar-refractivity contribution in [1.82, 2.24) is 10.2 Å². The molecule has 0 aliphatic rings. The maximum Gasteiger partial charge on any atom is 0.263 e. The Labute approximate surface area is 119 Å². The van der Waals surface area contributed by atoms with Crippen LogP contribution in [0.15, 0.2) is 11.8 Å². The van der Waals surface area contributed by atoms with E-state index in [4.69, 9.17) is 15.7 Å². The van der Waals surface area contributed by atoms with Gasteiger partial charge in [0.25, 0.3) is 5.91 Å². The molecular formula is C13H22N4O3. The van der Waals surface area contributed by atoms with Gasteiger partial charge in [0.05, 0.1) is 0 Å². The fraction of sp³-hybridized carbons (Fsp3) is 0.615. The first-order valence-electron chi connectivity index (χ1n) is 6.58. The van der Waals surface area contributed by atoms with Crippen LogP contribution in [-0.4, -0.2) is 50.1 Å². The predicted octanol–water partition coefficient (Wildman–Crippen LogP) is -0.256. The minimum Gasteiger partial charge on any atom is -0.382 e. The zero-order valence-electron chi connectivity index (χ0n) is 11.8. The molecule has 7 heteroatoms. The van der Waals surface area contributed by atoms with Gasteiger partial charge in [-0.15, -0.1) is 0 Å². The van der Waals surface area contributed by atoms with E-state index in [1.54, 1.807) is 6.07 Å². The molecule has 3 N–H and O–H groups in total. The average Bonchev–Trinajstić information content (AvgIpc) is 2.47. The topological polar surface area (TPSA) is 108 Å². The fourth-order valence-electron chi connectivity index (χ4n) is 1.34. The van der Waals surface area contributed by atoms with Crippen LogP contribution in [0.4, 0.5) is 0 Å². The number of rotatable bonds is 11. The van der Waals surface area contributed by atoms with E-state index in [0.717, 1.165) is 0 Å². The van der Waals surface area contributed by atoms with Crippen LogP contribution in [0.25, 0.3) is 0 Å². The van der Waals surface area contributed by atoms with Gasteiger partial charge in [-0.1, -0.05) is 0 Å². The lowest BCUT2D eigenvalue weighted by atomic mass is 10.2. The number of nitrogens with two attached hydrogens (primary N) is 1. The van der Waals surface area contributed by atoms with Crippen LogP contribution >= 0.6 is 0 Å². The summed E-state index contributed by atoms with van der Waals surface area (Å²) in [6.07, 6.45) is 3.07. The monoisotopic (exact) mass is 282 g/mol. The van der Waals surface area contributed by atoms with E-state index in [2.05, 4.69) is 5.32 Å². The second-order valence-electron chi connectivity index (χ2n) is 3.95. The zero-order valence-corrected chi connectivity index (χ0v) is 11.8. The molecule has 0 aliphatic carbocycles. The van der Waals surface area contributed by atoms with Gasteiger partial charge in [-0.2, -0.15) is 5.26 Å². The Bertz CT molecular complexity index is 363.